The van der Waals surface area contributed by atoms with Crippen LogP contribution in [-0.4, -0.2) is 23.3 Å². The average Bonchev–Trinajstić information content (AvgIpc) is 2.25. The van der Waals surface area contributed by atoms with Crippen LogP contribution >= 0.6 is 0 Å². The predicted molar refractivity (Wildman–Crippen MR) is 35.1 cm³/mol. The van der Waals surface area contributed by atoms with Crippen molar-refractivity contribution < 1.29 is 5.11 Å². The van der Waals surface area contributed by atoms with Crippen molar-refractivity contribution in [2.75, 3.05) is 0 Å². The van der Waals surface area contributed by atoms with E-state index in [4.69, 9.17) is 0 Å². The lowest BCUT2D eigenvalue weighted by Gasteiger charge is -2.20. The van der Waals surface area contributed by atoms with Crippen LogP contribution in [0.15, 0.2) is 12.2 Å². The van der Waals surface area contributed by atoms with Crippen LogP contribution in [0.4, 0.5) is 0 Å². The van der Waals surface area contributed by atoms with Crippen LogP contribution in [0.3, 0.4) is 0 Å². The Morgan fingerprint density at radius 3 is 3.00 bits per heavy atom. The maximum absolute atomic E-state index is 9.25. The third-order valence-corrected chi connectivity index (χ3v) is 2.17. The second-order valence-corrected chi connectivity index (χ2v) is 2.83. The summed E-state index contributed by atoms with van der Waals surface area (Å²) in [4.78, 5) is 0. The Morgan fingerprint density at radius 1 is 1.33 bits per heavy atom. The van der Waals surface area contributed by atoms with E-state index < -0.39 is 0 Å². The minimum Gasteiger partial charge on any atom is -0.387 e. The van der Waals surface area contributed by atoms with Crippen molar-refractivity contribution in [3.05, 3.63) is 12.2 Å². The molecule has 0 aromatic heterocycles. The van der Waals surface area contributed by atoms with E-state index in [-0.39, 0.29) is 6.10 Å². The van der Waals surface area contributed by atoms with E-state index in [1.54, 1.807) is 0 Å². The van der Waals surface area contributed by atoms with Crippen LogP contribution in [0.1, 0.15) is 12.8 Å². The van der Waals surface area contributed by atoms with E-state index in [0.29, 0.717) is 12.1 Å². The molecule has 9 heavy (non-hydrogen) atoms. The largest absolute Gasteiger partial charge is 0.387 e. The van der Waals surface area contributed by atoms with Crippen LogP contribution in [0.25, 0.3) is 0 Å². The molecule has 2 aliphatic heterocycles. The molecule has 0 aliphatic carbocycles. The number of hydrogen-bond acceptors (Lipinski definition) is 2. The smallest absolute Gasteiger partial charge is 0.0874 e. The van der Waals surface area contributed by atoms with E-state index >= 15 is 0 Å². The van der Waals surface area contributed by atoms with E-state index in [1.165, 1.54) is 6.42 Å². The van der Waals surface area contributed by atoms with Gasteiger partial charge in [-0.15, -0.1) is 0 Å². The molecule has 0 spiro atoms. The van der Waals surface area contributed by atoms with E-state index in [0.717, 1.165) is 6.42 Å². The Kier molecular flexibility index (Phi) is 1.10. The van der Waals surface area contributed by atoms with Crippen molar-refractivity contribution in [3.8, 4) is 0 Å². The first-order chi connectivity index (χ1) is 4.36. The molecule has 2 heterocycles. The molecule has 2 rings (SSSR count). The molecule has 3 unspecified atom stereocenters. The predicted octanol–water partition coefficient (Wildman–Crippen LogP) is 0.0377. The lowest BCUT2D eigenvalue weighted by Crippen LogP contribution is -2.40. The van der Waals surface area contributed by atoms with Gasteiger partial charge in [0.2, 0.25) is 0 Å². The average molecular weight is 125 g/mol. The fourth-order valence-corrected chi connectivity index (χ4v) is 1.60. The molecule has 2 nitrogen and oxygen atoms in total. The summed E-state index contributed by atoms with van der Waals surface area (Å²) in [5.41, 5.74) is 0. The second kappa shape index (κ2) is 1.82. The second-order valence-electron chi connectivity index (χ2n) is 2.83. The minimum absolute atomic E-state index is 0.233. The Balaban J connectivity index is 2.19. The summed E-state index contributed by atoms with van der Waals surface area (Å²) in [6.07, 6.45) is 6.05. The molecular weight excluding hydrogens is 114 g/mol. The van der Waals surface area contributed by atoms with Gasteiger partial charge in [0.05, 0.1) is 6.10 Å². The molecule has 50 valence electrons. The minimum atomic E-state index is -0.233. The van der Waals surface area contributed by atoms with E-state index in [1.807, 2.05) is 6.08 Å². The summed E-state index contributed by atoms with van der Waals surface area (Å²) >= 11 is 0. The van der Waals surface area contributed by atoms with E-state index in [2.05, 4.69) is 11.4 Å². The monoisotopic (exact) mass is 125 g/mol. The molecule has 2 N–H and O–H groups in total. The molecule has 0 aromatic carbocycles. The van der Waals surface area contributed by atoms with Crippen LogP contribution in [0.5, 0.6) is 0 Å². The van der Waals surface area contributed by atoms with Crippen LogP contribution in [-0.2, 0) is 0 Å². The quantitative estimate of drug-likeness (QED) is 0.448. The van der Waals surface area contributed by atoms with Gasteiger partial charge in [-0.25, -0.2) is 0 Å². The number of fused-ring (bicyclic) bond motifs is 2. The molecule has 2 heteroatoms. The van der Waals surface area contributed by atoms with Crippen LogP contribution < -0.4 is 5.32 Å². The fourth-order valence-electron chi connectivity index (χ4n) is 1.60. The maximum atomic E-state index is 9.25. The molecule has 2 bridgehead atoms. The lowest BCUT2D eigenvalue weighted by molar-refractivity contribution is 0.175. The van der Waals surface area contributed by atoms with Crippen molar-refractivity contribution in [2.24, 2.45) is 0 Å². The van der Waals surface area contributed by atoms with Gasteiger partial charge >= 0.3 is 0 Å². The van der Waals surface area contributed by atoms with Gasteiger partial charge in [-0.2, -0.15) is 0 Å². The van der Waals surface area contributed by atoms with E-state index in [9.17, 15) is 5.11 Å². The number of aliphatic hydroxyl groups is 1. The first kappa shape index (κ1) is 5.45. The highest BCUT2D eigenvalue weighted by Crippen LogP contribution is 2.20. The van der Waals surface area contributed by atoms with Crippen LogP contribution in [0, 0.1) is 0 Å². The van der Waals surface area contributed by atoms with Crippen molar-refractivity contribution in [2.45, 2.75) is 31.0 Å². The third kappa shape index (κ3) is 0.787. The zero-order valence-corrected chi connectivity index (χ0v) is 5.25. The van der Waals surface area contributed by atoms with Gasteiger partial charge in [-0.05, 0) is 12.8 Å². The summed E-state index contributed by atoms with van der Waals surface area (Å²) in [5.74, 6) is 0. The van der Waals surface area contributed by atoms with Gasteiger partial charge in [-0.1, -0.05) is 12.2 Å². The van der Waals surface area contributed by atoms with Crippen molar-refractivity contribution in [1.29, 1.82) is 0 Å². The highest BCUT2D eigenvalue weighted by Gasteiger charge is 2.29. The third-order valence-electron chi connectivity index (χ3n) is 2.17. The van der Waals surface area contributed by atoms with Crippen molar-refractivity contribution in [3.63, 3.8) is 0 Å². The van der Waals surface area contributed by atoms with Crippen molar-refractivity contribution in [1.82, 2.24) is 5.32 Å². The molecule has 1 fully saturated rings. The molecule has 0 amide bonds. The van der Waals surface area contributed by atoms with Gasteiger partial charge < -0.3 is 10.4 Å². The zero-order chi connectivity index (χ0) is 6.27. The molecule has 1 saturated heterocycles. The number of rotatable bonds is 0. The molecule has 2 aliphatic rings. The summed E-state index contributed by atoms with van der Waals surface area (Å²) in [7, 11) is 0. The summed E-state index contributed by atoms with van der Waals surface area (Å²) in [6.45, 7) is 0. The first-order valence-electron chi connectivity index (χ1n) is 3.49. The molecule has 0 saturated carbocycles. The SMILES string of the molecule is OC1C=CC2CCC1N2. The Hall–Kier alpha value is -0.340. The van der Waals surface area contributed by atoms with Crippen LogP contribution in [0.2, 0.25) is 0 Å². The van der Waals surface area contributed by atoms with Gasteiger partial charge in [0, 0.05) is 12.1 Å². The lowest BCUT2D eigenvalue weighted by atomic mass is 10.1. The van der Waals surface area contributed by atoms with Crippen molar-refractivity contribution >= 4 is 0 Å². The number of aliphatic hydroxyl groups excluding tert-OH is 1. The van der Waals surface area contributed by atoms with Gasteiger partial charge in [-0.3, -0.25) is 0 Å². The molecule has 3 atom stereocenters. The number of nitrogens with one attached hydrogen (secondary N) is 1. The zero-order valence-electron chi connectivity index (χ0n) is 5.25. The fraction of sp³-hybridized carbons (Fsp3) is 0.714. The Labute approximate surface area is 54.6 Å². The topological polar surface area (TPSA) is 32.3 Å². The summed E-state index contributed by atoms with van der Waals surface area (Å²) < 4.78 is 0. The summed E-state index contributed by atoms with van der Waals surface area (Å²) in [6, 6.07) is 0.901. The van der Waals surface area contributed by atoms with Gasteiger partial charge in [0.15, 0.2) is 0 Å². The maximum Gasteiger partial charge on any atom is 0.0874 e. The summed E-state index contributed by atoms with van der Waals surface area (Å²) in [5, 5.41) is 12.5. The Morgan fingerprint density at radius 2 is 2.22 bits per heavy atom. The van der Waals surface area contributed by atoms with Gasteiger partial charge in [0.25, 0.3) is 0 Å². The standard InChI is InChI=1S/C7H11NO/c9-7-4-2-5-1-3-6(7)8-5/h2,4-9H,1,3H2. The first-order valence-corrected chi connectivity index (χ1v) is 3.49. The highest BCUT2D eigenvalue weighted by molar-refractivity contribution is 5.11. The Bertz CT molecular complexity index is 144. The van der Waals surface area contributed by atoms with Gasteiger partial charge in [0.1, 0.15) is 0 Å². The normalized spacial score (nSPS) is 47.9. The molecule has 0 aromatic rings. The highest BCUT2D eigenvalue weighted by atomic mass is 16.3. The number of hydrogen-bond donors (Lipinski definition) is 2. The molecular formula is C7H11NO. The molecule has 0 radical (unpaired) electrons.